The molecule has 0 saturated carbocycles. The Hall–Kier alpha value is 0.0300. The van der Waals surface area contributed by atoms with Crippen LogP contribution in [0.5, 0.6) is 0 Å². The molecule has 106 valence electrons. The van der Waals surface area contributed by atoms with Gasteiger partial charge in [0.2, 0.25) is 0 Å². The average molecular weight is 320 g/mol. The van der Waals surface area contributed by atoms with Crippen molar-refractivity contribution in [3.63, 3.8) is 0 Å². The normalized spacial score (nSPS) is 22.4. The Kier molecular flexibility index (Phi) is 5.81. The van der Waals surface area contributed by atoms with E-state index in [0.29, 0.717) is 11.1 Å². The minimum absolute atomic E-state index is 0.175. The van der Waals surface area contributed by atoms with Gasteiger partial charge in [-0.05, 0) is 37.2 Å². The van der Waals surface area contributed by atoms with Crippen LogP contribution in [0.25, 0.3) is 0 Å². The number of nitrogens with zero attached hydrogens (tertiary/aromatic N) is 1. The third-order valence-corrected chi connectivity index (χ3v) is 5.22. The van der Waals surface area contributed by atoms with E-state index in [1.165, 1.54) is 5.75 Å². The summed E-state index contributed by atoms with van der Waals surface area (Å²) in [6.07, 6.45) is 0.783. The highest BCUT2D eigenvalue weighted by Crippen LogP contribution is 2.25. The van der Waals surface area contributed by atoms with Gasteiger partial charge in [0.15, 0.2) is 0 Å². The lowest BCUT2D eigenvalue weighted by Crippen LogP contribution is -2.55. The van der Waals surface area contributed by atoms with Crippen LogP contribution in [0.4, 0.5) is 0 Å². The molecule has 2 rings (SSSR count). The molecule has 1 aliphatic rings. The summed E-state index contributed by atoms with van der Waals surface area (Å²) < 4.78 is 0. The van der Waals surface area contributed by atoms with Crippen LogP contribution in [0.2, 0.25) is 10.0 Å². The number of nitrogens with two attached hydrogens (primary N) is 1. The number of halogens is 2. The minimum Gasteiger partial charge on any atom is -0.300 e. The van der Waals surface area contributed by atoms with E-state index in [1.54, 1.807) is 6.07 Å². The maximum atomic E-state index is 6.23. The minimum atomic E-state index is 0.175. The lowest BCUT2D eigenvalue weighted by atomic mass is 10.00. The van der Waals surface area contributed by atoms with Gasteiger partial charge >= 0.3 is 0 Å². The van der Waals surface area contributed by atoms with Gasteiger partial charge in [-0.2, -0.15) is 11.8 Å². The molecule has 0 aliphatic carbocycles. The molecule has 3 N–H and O–H groups in total. The summed E-state index contributed by atoms with van der Waals surface area (Å²) in [5, 5.41) is 1.46. The molecule has 2 atom stereocenters. The molecule has 0 radical (unpaired) electrons. The van der Waals surface area contributed by atoms with Crippen molar-refractivity contribution in [3.05, 3.63) is 33.8 Å². The molecule has 0 aromatic heterocycles. The maximum Gasteiger partial charge on any atom is 0.0439 e. The van der Waals surface area contributed by atoms with Crippen molar-refractivity contribution in [1.82, 2.24) is 10.3 Å². The first kappa shape index (κ1) is 15.4. The van der Waals surface area contributed by atoms with Gasteiger partial charge in [-0.15, -0.1) is 0 Å². The fraction of sp³-hybridized carbons (Fsp3) is 0.538. The lowest BCUT2D eigenvalue weighted by Gasteiger charge is -2.37. The van der Waals surface area contributed by atoms with E-state index in [4.69, 9.17) is 29.0 Å². The monoisotopic (exact) mass is 319 g/mol. The van der Waals surface area contributed by atoms with Crippen LogP contribution in [-0.2, 0) is 6.42 Å². The first-order valence-corrected chi connectivity index (χ1v) is 8.21. The molecule has 1 fully saturated rings. The summed E-state index contributed by atoms with van der Waals surface area (Å²) in [6.45, 7) is 1.09. The van der Waals surface area contributed by atoms with Crippen molar-refractivity contribution < 1.29 is 0 Å². The van der Waals surface area contributed by atoms with E-state index in [9.17, 15) is 0 Å². The molecular formula is C13H19Cl2N3S. The summed E-state index contributed by atoms with van der Waals surface area (Å²) in [5.74, 6) is 8.01. The maximum absolute atomic E-state index is 6.23. The number of nitrogens with one attached hydrogen (secondary N) is 1. The van der Waals surface area contributed by atoms with E-state index in [-0.39, 0.29) is 6.04 Å². The first-order valence-electron chi connectivity index (χ1n) is 6.30. The van der Waals surface area contributed by atoms with Gasteiger partial charge in [-0.3, -0.25) is 11.3 Å². The van der Waals surface area contributed by atoms with Gasteiger partial charge in [0.25, 0.3) is 0 Å². The Labute approximate surface area is 128 Å². The lowest BCUT2D eigenvalue weighted by molar-refractivity contribution is 0.214. The van der Waals surface area contributed by atoms with E-state index in [1.807, 2.05) is 23.9 Å². The third-order valence-electron chi connectivity index (χ3n) is 3.57. The van der Waals surface area contributed by atoms with Crippen LogP contribution in [0, 0.1) is 0 Å². The molecule has 1 heterocycles. The fourth-order valence-corrected chi connectivity index (χ4v) is 4.07. The third kappa shape index (κ3) is 4.00. The molecule has 1 aromatic carbocycles. The number of rotatable bonds is 4. The molecule has 0 bridgehead atoms. The highest BCUT2D eigenvalue weighted by atomic mass is 35.5. The summed E-state index contributed by atoms with van der Waals surface area (Å²) in [5.41, 5.74) is 3.98. The molecule has 0 amide bonds. The summed E-state index contributed by atoms with van der Waals surface area (Å²) in [4.78, 5) is 2.36. The largest absolute Gasteiger partial charge is 0.300 e. The van der Waals surface area contributed by atoms with Gasteiger partial charge < -0.3 is 4.90 Å². The van der Waals surface area contributed by atoms with Gasteiger partial charge in [0.1, 0.15) is 0 Å². The Morgan fingerprint density at radius 3 is 3.00 bits per heavy atom. The first-order chi connectivity index (χ1) is 9.11. The predicted molar refractivity (Wildman–Crippen MR) is 85.0 cm³/mol. The van der Waals surface area contributed by atoms with Crippen molar-refractivity contribution in [3.8, 4) is 0 Å². The Balaban J connectivity index is 2.11. The van der Waals surface area contributed by atoms with Crippen molar-refractivity contribution in [2.75, 3.05) is 25.1 Å². The van der Waals surface area contributed by atoms with E-state index >= 15 is 0 Å². The van der Waals surface area contributed by atoms with Crippen molar-refractivity contribution >= 4 is 35.0 Å². The number of thioether (sulfide) groups is 1. The molecular weight excluding hydrogens is 301 g/mol. The molecule has 3 nitrogen and oxygen atoms in total. The summed E-state index contributed by atoms with van der Waals surface area (Å²) >= 11 is 14.2. The van der Waals surface area contributed by atoms with Crippen LogP contribution in [-0.4, -0.2) is 42.1 Å². The van der Waals surface area contributed by atoms with E-state index in [0.717, 1.165) is 29.3 Å². The number of hydrogen-bond acceptors (Lipinski definition) is 4. The van der Waals surface area contributed by atoms with Crippen molar-refractivity contribution in [2.45, 2.75) is 18.5 Å². The van der Waals surface area contributed by atoms with Crippen LogP contribution in [0.3, 0.4) is 0 Å². The molecule has 1 aromatic rings. The molecule has 2 unspecified atom stereocenters. The SMILES string of the molecule is CN1CCSCC1C(Cc1cc(Cl)ccc1Cl)NN. The standard InChI is InChI=1S/C13H19Cl2N3S/c1-18-4-5-19-8-13(18)12(17-16)7-9-6-10(14)2-3-11(9)15/h2-3,6,12-13,17H,4-5,7-8,16H2,1H3. The zero-order valence-electron chi connectivity index (χ0n) is 10.9. The fourth-order valence-electron chi connectivity index (χ4n) is 2.37. The number of hydrazine groups is 1. The van der Waals surface area contributed by atoms with Gasteiger partial charge in [-0.25, -0.2) is 0 Å². The number of likely N-dealkylation sites (N-methyl/N-ethyl adjacent to an activating group) is 1. The highest BCUT2D eigenvalue weighted by molar-refractivity contribution is 7.99. The topological polar surface area (TPSA) is 41.3 Å². The van der Waals surface area contributed by atoms with E-state index in [2.05, 4.69) is 17.4 Å². The second-order valence-corrected chi connectivity index (χ2v) is 6.83. The van der Waals surface area contributed by atoms with Crippen LogP contribution >= 0.6 is 35.0 Å². The zero-order valence-corrected chi connectivity index (χ0v) is 13.2. The average Bonchev–Trinajstić information content (AvgIpc) is 2.41. The second-order valence-electron chi connectivity index (χ2n) is 4.84. The molecule has 1 saturated heterocycles. The number of benzene rings is 1. The molecule has 6 heteroatoms. The van der Waals surface area contributed by atoms with Crippen molar-refractivity contribution in [1.29, 1.82) is 0 Å². The molecule has 19 heavy (non-hydrogen) atoms. The predicted octanol–water partition coefficient (Wildman–Crippen LogP) is 2.42. The van der Waals surface area contributed by atoms with Crippen LogP contribution < -0.4 is 11.3 Å². The quantitative estimate of drug-likeness (QED) is 0.660. The Bertz CT molecular complexity index is 430. The van der Waals surface area contributed by atoms with Crippen molar-refractivity contribution in [2.24, 2.45) is 5.84 Å². The zero-order chi connectivity index (χ0) is 13.8. The highest BCUT2D eigenvalue weighted by Gasteiger charge is 2.27. The van der Waals surface area contributed by atoms with Gasteiger partial charge in [-0.1, -0.05) is 23.2 Å². The van der Waals surface area contributed by atoms with Crippen LogP contribution in [0.1, 0.15) is 5.56 Å². The number of hydrogen-bond donors (Lipinski definition) is 2. The Morgan fingerprint density at radius 2 is 2.32 bits per heavy atom. The second kappa shape index (κ2) is 7.16. The van der Waals surface area contributed by atoms with E-state index < -0.39 is 0 Å². The van der Waals surface area contributed by atoms with Gasteiger partial charge in [0.05, 0.1) is 0 Å². The Morgan fingerprint density at radius 1 is 1.53 bits per heavy atom. The summed E-state index contributed by atoms with van der Waals surface area (Å²) in [6, 6.07) is 6.16. The molecule has 0 spiro atoms. The van der Waals surface area contributed by atoms with Gasteiger partial charge in [0, 0.05) is 40.2 Å². The molecule has 1 aliphatic heterocycles. The smallest absolute Gasteiger partial charge is 0.0439 e. The van der Waals surface area contributed by atoms with Crippen LogP contribution in [0.15, 0.2) is 18.2 Å². The summed E-state index contributed by atoms with van der Waals surface area (Å²) in [7, 11) is 2.15.